The lowest BCUT2D eigenvalue weighted by atomic mass is 10.0. The number of halogens is 3. The third-order valence-corrected chi connectivity index (χ3v) is 4.90. The van der Waals surface area contributed by atoms with E-state index >= 15 is 0 Å². The molecule has 0 radical (unpaired) electrons. The van der Waals surface area contributed by atoms with Crippen LogP contribution in [0.3, 0.4) is 0 Å². The largest absolute Gasteiger partial charge is 0.490 e. The minimum absolute atomic E-state index is 0.0283. The first kappa shape index (κ1) is 15.0. The molecule has 0 saturated heterocycles. The van der Waals surface area contributed by atoms with Crippen molar-refractivity contribution in [1.29, 1.82) is 0 Å². The molecule has 2 aromatic rings. The van der Waals surface area contributed by atoms with Gasteiger partial charge in [-0.3, -0.25) is 0 Å². The first-order valence-corrected chi connectivity index (χ1v) is 8.31. The summed E-state index contributed by atoms with van der Waals surface area (Å²) in [6.45, 7) is 1.31. The van der Waals surface area contributed by atoms with E-state index in [1.165, 1.54) is 0 Å². The van der Waals surface area contributed by atoms with Crippen LogP contribution in [0.5, 0.6) is 11.5 Å². The molecule has 0 aliphatic carbocycles. The third-order valence-electron chi connectivity index (χ3n) is 3.30. The van der Waals surface area contributed by atoms with Gasteiger partial charge in [-0.05, 0) is 29.3 Å². The van der Waals surface area contributed by atoms with Gasteiger partial charge in [-0.2, -0.15) is 0 Å². The smallest absolute Gasteiger partial charge is 0.162 e. The summed E-state index contributed by atoms with van der Waals surface area (Å²) in [5, 5.41) is 1.36. The van der Waals surface area contributed by atoms with E-state index in [9.17, 15) is 0 Å². The van der Waals surface area contributed by atoms with Gasteiger partial charge in [0.05, 0.1) is 18.0 Å². The van der Waals surface area contributed by atoms with Crippen LogP contribution in [0.2, 0.25) is 10.0 Å². The Kier molecular flexibility index (Phi) is 4.63. The number of fused-ring (bicyclic) bond motifs is 1. The van der Waals surface area contributed by atoms with Gasteiger partial charge in [0, 0.05) is 22.5 Å². The van der Waals surface area contributed by atoms with Gasteiger partial charge in [0.1, 0.15) is 0 Å². The maximum atomic E-state index is 6.40. The van der Waals surface area contributed by atoms with Gasteiger partial charge in [0.2, 0.25) is 0 Å². The average Bonchev–Trinajstić information content (AvgIpc) is 2.71. The van der Waals surface area contributed by atoms with Crippen molar-refractivity contribution >= 4 is 39.1 Å². The molecular formula is C16H13BrCl2O2. The Morgan fingerprint density at radius 3 is 2.24 bits per heavy atom. The van der Waals surface area contributed by atoms with Gasteiger partial charge >= 0.3 is 0 Å². The van der Waals surface area contributed by atoms with Crippen LogP contribution in [0.15, 0.2) is 36.4 Å². The monoisotopic (exact) mass is 386 g/mol. The highest BCUT2D eigenvalue weighted by Gasteiger charge is 2.19. The molecular weight excluding hydrogens is 375 g/mol. The molecule has 0 fully saturated rings. The van der Waals surface area contributed by atoms with Crippen molar-refractivity contribution in [2.75, 3.05) is 13.2 Å². The van der Waals surface area contributed by atoms with Crippen LogP contribution in [-0.2, 0) is 0 Å². The van der Waals surface area contributed by atoms with Gasteiger partial charge in [0.15, 0.2) is 11.5 Å². The Morgan fingerprint density at radius 2 is 1.57 bits per heavy atom. The number of hydrogen-bond acceptors (Lipinski definition) is 2. The van der Waals surface area contributed by atoms with Crippen molar-refractivity contribution in [3.63, 3.8) is 0 Å². The summed E-state index contributed by atoms with van der Waals surface area (Å²) in [5.41, 5.74) is 2.03. The fraction of sp³-hybridized carbons (Fsp3) is 0.250. The highest BCUT2D eigenvalue weighted by molar-refractivity contribution is 9.09. The second-order valence-electron chi connectivity index (χ2n) is 4.79. The van der Waals surface area contributed by atoms with E-state index in [-0.39, 0.29) is 4.83 Å². The lowest BCUT2D eigenvalue weighted by molar-refractivity contribution is 0.297. The van der Waals surface area contributed by atoms with E-state index < -0.39 is 0 Å². The molecule has 0 amide bonds. The summed E-state index contributed by atoms with van der Waals surface area (Å²) in [5.74, 6) is 1.45. The number of rotatable bonds is 2. The van der Waals surface area contributed by atoms with Crippen LogP contribution in [0.4, 0.5) is 0 Å². The molecule has 0 aromatic heterocycles. The Bertz CT molecular complexity index is 643. The van der Waals surface area contributed by atoms with Crippen LogP contribution >= 0.6 is 39.1 Å². The Labute approximate surface area is 142 Å². The summed E-state index contributed by atoms with van der Waals surface area (Å²) in [7, 11) is 0. The van der Waals surface area contributed by atoms with Crippen molar-refractivity contribution < 1.29 is 9.47 Å². The fourth-order valence-corrected chi connectivity index (χ4v) is 3.41. The highest BCUT2D eigenvalue weighted by Crippen LogP contribution is 2.42. The van der Waals surface area contributed by atoms with Gasteiger partial charge in [-0.15, -0.1) is 0 Å². The first-order chi connectivity index (χ1) is 10.1. The molecule has 1 aliphatic heterocycles. The van der Waals surface area contributed by atoms with Crippen LogP contribution < -0.4 is 9.47 Å². The Hall–Kier alpha value is -0.900. The molecule has 1 heterocycles. The van der Waals surface area contributed by atoms with Crippen LogP contribution in [0.1, 0.15) is 22.4 Å². The highest BCUT2D eigenvalue weighted by atomic mass is 79.9. The van der Waals surface area contributed by atoms with E-state index in [4.69, 9.17) is 32.7 Å². The molecule has 1 aliphatic rings. The fourth-order valence-electron chi connectivity index (χ4n) is 2.21. The zero-order valence-corrected chi connectivity index (χ0v) is 14.2. The molecule has 3 rings (SSSR count). The zero-order valence-electron chi connectivity index (χ0n) is 11.1. The molecule has 0 bridgehead atoms. The molecule has 0 spiro atoms. The summed E-state index contributed by atoms with van der Waals surface area (Å²) in [4.78, 5) is -0.0283. The standard InChI is InChI=1S/C16H13BrCl2O2/c17-16(10-2-4-11(18)5-3-10)12-8-14-15(9-13(12)19)21-7-1-6-20-14/h2-5,8-9,16H,1,6-7H2. The normalized spacial score (nSPS) is 15.4. The second kappa shape index (κ2) is 6.47. The molecule has 0 N–H and O–H groups in total. The quantitative estimate of drug-likeness (QED) is 0.621. The van der Waals surface area contributed by atoms with E-state index in [1.54, 1.807) is 0 Å². The molecule has 1 unspecified atom stereocenters. The molecule has 2 nitrogen and oxygen atoms in total. The van der Waals surface area contributed by atoms with Gasteiger partial charge in [-0.1, -0.05) is 51.3 Å². The first-order valence-electron chi connectivity index (χ1n) is 6.64. The van der Waals surface area contributed by atoms with Gasteiger partial charge < -0.3 is 9.47 Å². The summed E-state index contributed by atoms with van der Waals surface area (Å²) < 4.78 is 11.4. The molecule has 21 heavy (non-hydrogen) atoms. The van der Waals surface area contributed by atoms with Crippen LogP contribution in [0, 0.1) is 0 Å². The topological polar surface area (TPSA) is 18.5 Å². The second-order valence-corrected chi connectivity index (χ2v) is 6.54. The molecule has 0 saturated carbocycles. The number of hydrogen-bond donors (Lipinski definition) is 0. The van der Waals surface area contributed by atoms with Crippen molar-refractivity contribution in [3.05, 3.63) is 57.6 Å². The predicted octanol–water partition coefficient (Wildman–Crippen LogP) is 5.64. The summed E-state index contributed by atoms with van der Waals surface area (Å²) >= 11 is 16.0. The summed E-state index contributed by atoms with van der Waals surface area (Å²) in [6.07, 6.45) is 0.872. The molecule has 1 atom stereocenters. The minimum Gasteiger partial charge on any atom is -0.490 e. The number of ether oxygens (including phenoxy) is 2. The van der Waals surface area contributed by atoms with Crippen LogP contribution in [0.25, 0.3) is 0 Å². The minimum atomic E-state index is -0.0283. The van der Waals surface area contributed by atoms with Crippen LogP contribution in [-0.4, -0.2) is 13.2 Å². The third kappa shape index (κ3) is 3.31. The molecule has 2 aromatic carbocycles. The maximum absolute atomic E-state index is 6.40. The average molecular weight is 388 g/mol. The lowest BCUT2D eigenvalue weighted by Gasteiger charge is -2.16. The van der Waals surface area contributed by atoms with Gasteiger partial charge in [0.25, 0.3) is 0 Å². The molecule has 110 valence electrons. The SMILES string of the molecule is Clc1ccc(C(Br)c2cc3c(cc2Cl)OCCCO3)cc1. The van der Waals surface area contributed by atoms with E-state index in [0.717, 1.165) is 23.3 Å². The van der Waals surface area contributed by atoms with Crippen molar-refractivity contribution in [3.8, 4) is 11.5 Å². The van der Waals surface area contributed by atoms with Crippen molar-refractivity contribution in [1.82, 2.24) is 0 Å². The van der Waals surface area contributed by atoms with Crippen molar-refractivity contribution in [2.45, 2.75) is 11.2 Å². The Balaban J connectivity index is 1.97. The number of benzene rings is 2. The predicted molar refractivity (Wildman–Crippen MR) is 89.3 cm³/mol. The van der Waals surface area contributed by atoms with Gasteiger partial charge in [-0.25, -0.2) is 0 Å². The summed E-state index contributed by atoms with van der Waals surface area (Å²) in [6, 6.07) is 11.4. The Morgan fingerprint density at radius 1 is 0.952 bits per heavy atom. The number of alkyl halides is 1. The maximum Gasteiger partial charge on any atom is 0.162 e. The van der Waals surface area contributed by atoms with Crippen molar-refractivity contribution in [2.24, 2.45) is 0 Å². The lowest BCUT2D eigenvalue weighted by Crippen LogP contribution is -1.98. The zero-order chi connectivity index (χ0) is 14.8. The van der Waals surface area contributed by atoms with E-state index in [1.807, 2.05) is 36.4 Å². The van der Waals surface area contributed by atoms with E-state index in [2.05, 4.69) is 15.9 Å². The molecule has 5 heteroatoms. The van der Waals surface area contributed by atoms with E-state index in [0.29, 0.717) is 29.0 Å².